The van der Waals surface area contributed by atoms with E-state index in [1.807, 2.05) is 31.2 Å². The van der Waals surface area contributed by atoms with Gasteiger partial charge in [-0.2, -0.15) is 0 Å². The third-order valence-electron chi connectivity index (χ3n) is 5.79. The summed E-state index contributed by atoms with van der Waals surface area (Å²) in [5.41, 5.74) is 2.95. The molecular formula is C22H26N4O2S. The standard InChI is InChI=1S/C22H26N4O2S/c1-13-5-8-15(9-6-13)23-18(27)12-26-21(28)19-16-10-7-14(22(2,3)4)11-17(16)29-20(19)24-25-26/h5-6,8-9,14H,7,10-12H2,1-4H3,(H,23,27)/t14-/m0/s1. The fraction of sp³-hybridized carbons (Fsp3) is 0.455. The number of aromatic nitrogens is 3. The van der Waals surface area contributed by atoms with Gasteiger partial charge in [0.25, 0.3) is 5.56 Å². The number of amides is 1. The average Bonchev–Trinajstić information content (AvgIpc) is 3.03. The summed E-state index contributed by atoms with van der Waals surface area (Å²) in [6.45, 7) is 8.66. The first-order valence-corrected chi connectivity index (χ1v) is 10.8. The van der Waals surface area contributed by atoms with Crippen LogP contribution in [-0.4, -0.2) is 20.9 Å². The molecule has 0 saturated heterocycles. The number of fused-ring (bicyclic) bond motifs is 3. The molecule has 6 nitrogen and oxygen atoms in total. The number of hydrogen-bond donors (Lipinski definition) is 1. The summed E-state index contributed by atoms with van der Waals surface area (Å²) in [7, 11) is 0. The normalized spacial score (nSPS) is 16.6. The van der Waals surface area contributed by atoms with Gasteiger partial charge in [-0.05, 0) is 55.2 Å². The zero-order valence-electron chi connectivity index (χ0n) is 17.3. The molecule has 0 radical (unpaired) electrons. The SMILES string of the molecule is Cc1ccc(NC(=O)Cn2nnc3sc4c(c3c2=O)CC[C@H](C(C)(C)C)C4)cc1. The first kappa shape index (κ1) is 19.8. The number of carbonyl (C=O) groups is 1. The van der Waals surface area contributed by atoms with Crippen molar-refractivity contribution in [3.63, 3.8) is 0 Å². The van der Waals surface area contributed by atoms with E-state index in [-0.39, 0.29) is 23.4 Å². The minimum atomic E-state index is -0.290. The second kappa shape index (κ2) is 7.37. The zero-order valence-corrected chi connectivity index (χ0v) is 18.1. The van der Waals surface area contributed by atoms with E-state index in [0.29, 0.717) is 21.8 Å². The lowest BCUT2D eigenvalue weighted by Crippen LogP contribution is -2.31. The second-order valence-electron chi connectivity index (χ2n) is 8.96. The van der Waals surface area contributed by atoms with Crippen molar-refractivity contribution < 1.29 is 4.79 Å². The minimum Gasteiger partial charge on any atom is -0.324 e. The lowest BCUT2D eigenvalue weighted by molar-refractivity contribution is -0.117. The highest BCUT2D eigenvalue weighted by atomic mass is 32.1. The zero-order chi connectivity index (χ0) is 20.8. The molecule has 0 saturated carbocycles. The summed E-state index contributed by atoms with van der Waals surface area (Å²) in [4.78, 5) is 27.4. The summed E-state index contributed by atoms with van der Waals surface area (Å²) in [6, 6.07) is 7.53. The van der Waals surface area contributed by atoms with Gasteiger partial charge in [-0.25, -0.2) is 4.68 Å². The molecule has 3 aromatic rings. The van der Waals surface area contributed by atoms with Gasteiger partial charge in [0.1, 0.15) is 6.54 Å². The molecule has 2 aromatic heterocycles. The van der Waals surface area contributed by atoms with Gasteiger partial charge in [0.2, 0.25) is 5.91 Å². The molecule has 0 unspecified atom stereocenters. The molecule has 152 valence electrons. The van der Waals surface area contributed by atoms with E-state index < -0.39 is 0 Å². The second-order valence-corrected chi connectivity index (χ2v) is 10.0. The molecule has 29 heavy (non-hydrogen) atoms. The molecule has 1 aromatic carbocycles. The summed E-state index contributed by atoms with van der Waals surface area (Å²) >= 11 is 1.58. The van der Waals surface area contributed by atoms with E-state index in [4.69, 9.17) is 0 Å². The number of nitrogens with one attached hydrogen (secondary N) is 1. The molecule has 1 aliphatic rings. The van der Waals surface area contributed by atoms with Crippen molar-refractivity contribution >= 4 is 33.1 Å². The fourth-order valence-corrected chi connectivity index (χ4v) is 5.18. The Morgan fingerprint density at radius 2 is 2.00 bits per heavy atom. The van der Waals surface area contributed by atoms with Crippen LogP contribution in [-0.2, 0) is 24.2 Å². The monoisotopic (exact) mass is 410 g/mol. The maximum Gasteiger partial charge on any atom is 0.279 e. The highest BCUT2D eigenvalue weighted by Crippen LogP contribution is 2.41. The average molecular weight is 411 g/mol. The number of benzene rings is 1. The fourth-order valence-electron chi connectivity index (χ4n) is 3.94. The van der Waals surface area contributed by atoms with Gasteiger partial charge in [-0.15, -0.1) is 16.4 Å². The van der Waals surface area contributed by atoms with Crippen molar-refractivity contribution in [2.45, 2.75) is 53.5 Å². The van der Waals surface area contributed by atoms with Crippen molar-refractivity contribution in [1.82, 2.24) is 15.0 Å². The van der Waals surface area contributed by atoms with Crippen LogP contribution in [0.1, 0.15) is 43.2 Å². The smallest absolute Gasteiger partial charge is 0.279 e. The van der Waals surface area contributed by atoms with Gasteiger partial charge in [0.15, 0.2) is 4.83 Å². The van der Waals surface area contributed by atoms with Gasteiger partial charge in [-0.1, -0.05) is 43.7 Å². The third-order valence-corrected chi connectivity index (χ3v) is 6.93. The maximum absolute atomic E-state index is 13.1. The van der Waals surface area contributed by atoms with Gasteiger partial charge in [0, 0.05) is 10.6 Å². The van der Waals surface area contributed by atoms with Gasteiger partial charge < -0.3 is 5.32 Å². The molecule has 0 aliphatic heterocycles. The molecule has 1 N–H and O–H groups in total. The first-order valence-electron chi connectivity index (χ1n) is 9.97. The number of nitrogens with zero attached hydrogens (tertiary/aromatic N) is 3. The van der Waals surface area contributed by atoms with Crippen molar-refractivity contribution in [3.8, 4) is 0 Å². The van der Waals surface area contributed by atoms with Crippen LogP contribution in [0.5, 0.6) is 0 Å². The number of rotatable bonds is 3. The van der Waals surface area contributed by atoms with Crippen molar-refractivity contribution in [3.05, 3.63) is 50.6 Å². The topological polar surface area (TPSA) is 76.9 Å². The van der Waals surface area contributed by atoms with E-state index in [0.717, 1.165) is 30.4 Å². The molecule has 1 atom stereocenters. The number of thiophene rings is 1. The van der Waals surface area contributed by atoms with Crippen molar-refractivity contribution in [1.29, 1.82) is 0 Å². The summed E-state index contributed by atoms with van der Waals surface area (Å²) in [5.74, 6) is 0.306. The van der Waals surface area contributed by atoms with E-state index in [9.17, 15) is 9.59 Å². The predicted molar refractivity (Wildman–Crippen MR) is 116 cm³/mol. The highest BCUT2D eigenvalue weighted by molar-refractivity contribution is 7.18. The first-order chi connectivity index (χ1) is 13.7. The number of aryl methyl sites for hydroxylation is 2. The van der Waals surface area contributed by atoms with Crippen LogP contribution < -0.4 is 10.9 Å². The van der Waals surface area contributed by atoms with Crippen LogP contribution in [0, 0.1) is 18.3 Å². The Labute approximate surface area is 173 Å². The summed E-state index contributed by atoms with van der Waals surface area (Å²) in [5, 5.41) is 11.7. The predicted octanol–water partition coefficient (Wildman–Crippen LogP) is 3.95. The Morgan fingerprint density at radius 1 is 1.28 bits per heavy atom. The molecule has 0 spiro atoms. The quantitative estimate of drug-likeness (QED) is 0.709. The molecular weight excluding hydrogens is 384 g/mol. The molecule has 2 heterocycles. The van der Waals surface area contributed by atoms with Crippen molar-refractivity contribution in [2.75, 3.05) is 5.32 Å². The number of carbonyl (C=O) groups excluding carboxylic acids is 1. The van der Waals surface area contributed by atoms with Crippen LogP contribution in [0.3, 0.4) is 0 Å². The molecule has 0 bridgehead atoms. The Kier molecular flexibility index (Phi) is 5.02. The van der Waals surface area contributed by atoms with Crippen LogP contribution in [0.2, 0.25) is 0 Å². The number of anilines is 1. The van der Waals surface area contributed by atoms with E-state index in [1.54, 1.807) is 11.3 Å². The van der Waals surface area contributed by atoms with Gasteiger partial charge in [-0.3, -0.25) is 9.59 Å². The Balaban J connectivity index is 1.59. The van der Waals surface area contributed by atoms with Crippen LogP contribution in [0.25, 0.3) is 10.2 Å². The Morgan fingerprint density at radius 3 is 2.69 bits per heavy atom. The number of hydrogen-bond acceptors (Lipinski definition) is 5. The van der Waals surface area contributed by atoms with Gasteiger partial charge in [0.05, 0.1) is 5.39 Å². The van der Waals surface area contributed by atoms with Crippen molar-refractivity contribution in [2.24, 2.45) is 11.3 Å². The molecule has 1 amide bonds. The Bertz CT molecular complexity index is 1120. The van der Waals surface area contributed by atoms with E-state index >= 15 is 0 Å². The molecule has 1 aliphatic carbocycles. The molecule has 4 rings (SSSR count). The Hall–Kier alpha value is -2.54. The van der Waals surface area contributed by atoms with Crippen LogP contribution in [0.4, 0.5) is 5.69 Å². The molecule has 0 fully saturated rings. The summed E-state index contributed by atoms with van der Waals surface area (Å²) in [6.07, 6.45) is 2.93. The van der Waals surface area contributed by atoms with Crippen LogP contribution >= 0.6 is 11.3 Å². The minimum absolute atomic E-state index is 0.148. The third kappa shape index (κ3) is 3.96. The van der Waals surface area contributed by atoms with Crippen LogP contribution in [0.15, 0.2) is 29.1 Å². The van der Waals surface area contributed by atoms with E-state index in [2.05, 4.69) is 36.4 Å². The lowest BCUT2D eigenvalue weighted by atomic mass is 9.72. The molecule has 7 heteroatoms. The maximum atomic E-state index is 13.1. The van der Waals surface area contributed by atoms with E-state index in [1.165, 1.54) is 9.56 Å². The van der Waals surface area contributed by atoms with Gasteiger partial charge >= 0.3 is 0 Å². The lowest BCUT2D eigenvalue weighted by Gasteiger charge is -2.33. The highest BCUT2D eigenvalue weighted by Gasteiger charge is 2.32. The largest absolute Gasteiger partial charge is 0.324 e. The summed E-state index contributed by atoms with van der Waals surface area (Å²) < 4.78 is 1.18.